The number of rotatable bonds is 17. The maximum Gasteiger partial charge on any atom is 0.243 e. The van der Waals surface area contributed by atoms with E-state index in [0.29, 0.717) is 19.6 Å². The van der Waals surface area contributed by atoms with Crippen molar-refractivity contribution in [2.24, 2.45) is 17.8 Å². The summed E-state index contributed by atoms with van der Waals surface area (Å²) in [6.45, 7) is 3.97. The van der Waals surface area contributed by atoms with Crippen LogP contribution in [0.3, 0.4) is 0 Å². The van der Waals surface area contributed by atoms with Crippen LogP contribution in [-0.2, 0) is 41.8 Å². The topological polar surface area (TPSA) is 175 Å². The summed E-state index contributed by atoms with van der Waals surface area (Å²) in [5.74, 6) is -3.17. The normalized spacial score (nSPS) is 20.3. The van der Waals surface area contributed by atoms with Crippen molar-refractivity contribution < 1.29 is 37.8 Å². The molecule has 13 heteroatoms. The van der Waals surface area contributed by atoms with Crippen molar-refractivity contribution in [1.82, 2.24) is 20.5 Å². The second-order valence-electron chi connectivity index (χ2n) is 15.4. The fraction of sp³-hybridized carbons (Fsp3) is 0.641. The lowest BCUT2D eigenvalue weighted by Gasteiger charge is -2.35. The number of nitrogens with zero attached hydrogens (tertiary/aromatic N) is 2. The lowest BCUT2D eigenvalue weighted by Crippen LogP contribution is -2.57. The monoisotopic (exact) mass is 740 g/mol. The number of aromatic nitrogens is 1. The Morgan fingerprint density at radius 3 is 2.15 bits per heavy atom. The van der Waals surface area contributed by atoms with Gasteiger partial charge in [0.25, 0.3) is 0 Å². The molecule has 3 aliphatic rings. The maximum absolute atomic E-state index is 14.3. The molecule has 1 saturated heterocycles. The molecule has 2 saturated carbocycles. The first-order valence-electron chi connectivity index (χ1n) is 18.8. The first kappa shape index (κ1) is 39.8. The second-order valence-corrected chi connectivity index (χ2v) is 18.0. The van der Waals surface area contributed by atoms with E-state index in [1.165, 1.54) is 18.7 Å². The van der Waals surface area contributed by atoms with Crippen molar-refractivity contribution in [3.8, 4) is 0 Å². The van der Waals surface area contributed by atoms with E-state index < -0.39 is 68.3 Å². The number of amides is 3. The van der Waals surface area contributed by atoms with Crippen LogP contribution in [0.1, 0.15) is 76.3 Å². The molecule has 52 heavy (non-hydrogen) atoms. The Hall–Kier alpha value is -3.39. The fourth-order valence-corrected chi connectivity index (χ4v) is 9.05. The Morgan fingerprint density at radius 2 is 1.52 bits per heavy atom. The number of aliphatic hydroxyl groups excluding tert-OH is 2. The lowest BCUT2D eigenvalue weighted by atomic mass is 9.82. The minimum Gasteiger partial charge on any atom is -0.390 e. The van der Waals surface area contributed by atoms with Gasteiger partial charge in [-0.3, -0.25) is 19.4 Å². The Kier molecular flexibility index (Phi) is 13.9. The number of aliphatic hydroxyl groups is 2. The summed E-state index contributed by atoms with van der Waals surface area (Å²) < 4.78 is 31.7. The number of benzene rings is 1. The highest BCUT2D eigenvalue weighted by Gasteiger charge is 2.46. The van der Waals surface area contributed by atoms with E-state index >= 15 is 0 Å². The van der Waals surface area contributed by atoms with Crippen LogP contribution >= 0.6 is 0 Å². The van der Waals surface area contributed by atoms with Crippen LogP contribution in [0.4, 0.5) is 0 Å². The molecule has 1 aromatic carbocycles. The molecule has 3 amide bonds. The molecule has 286 valence electrons. The van der Waals surface area contributed by atoms with Gasteiger partial charge in [-0.1, -0.05) is 62.4 Å². The Balaban J connectivity index is 1.39. The Bertz CT molecular complexity index is 1580. The maximum atomic E-state index is 14.3. The van der Waals surface area contributed by atoms with Gasteiger partial charge in [-0.25, -0.2) is 8.42 Å². The number of sulfone groups is 1. The predicted octanol–water partition coefficient (Wildman–Crippen LogP) is 2.61. The summed E-state index contributed by atoms with van der Waals surface area (Å²) in [5, 5.41) is 28.2. The molecule has 1 aliphatic heterocycles. The number of nitrogens with one attached hydrogen (secondary N) is 2. The summed E-state index contributed by atoms with van der Waals surface area (Å²) in [6, 6.07) is 10.7. The Labute approximate surface area is 308 Å². The highest BCUT2D eigenvalue weighted by molar-refractivity contribution is 7.93. The molecular formula is C39H56N4O8S. The zero-order valence-electron chi connectivity index (χ0n) is 30.5. The Morgan fingerprint density at radius 1 is 0.885 bits per heavy atom. The largest absolute Gasteiger partial charge is 0.390 e. The van der Waals surface area contributed by atoms with Crippen LogP contribution in [0.25, 0.3) is 0 Å². The summed E-state index contributed by atoms with van der Waals surface area (Å²) in [7, 11) is -4.21. The van der Waals surface area contributed by atoms with Gasteiger partial charge in [0.05, 0.1) is 37.0 Å². The lowest BCUT2D eigenvalue weighted by molar-refractivity contribution is -0.137. The van der Waals surface area contributed by atoms with Gasteiger partial charge in [0.2, 0.25) is 17.7 Å². The molecular weight excluding hydrogens is 685 g/mol. The van der Waals surface area contributed by atoms with Crippen LogP contribution in [0.2, 0.25) is 0 Å². The molecule has 5 atom stereocenters. The number of carbonyl (C=O) groups excluding carboxylic acids is 3. The smallest absolute Gasteiger partial charge is 0.243 e. The van der Waals surface area contributed by atoms with Gasteiger partial charge in [0.15, 0.2) is 9.84 Å². The highest BCUT2D eigenvalue weighted by Crippen LogP contribution is 2.36. The zero-order valence-corrected chi connectivity index (χ0v) is 31.3. The SMILES string of the molecule is CC(C)(C(=O)N1CCOCC1)S(=O)(=O)C[C@@H](Cc1ccccc1)C(=O)N[C@@H](Cc1ccncc1)C(=O)N[C@@H](CC1CCCCC1)[C@@H](O)[C@@H](O)C1CC1. The quantitative estimate of drug-likeness (QED) is 0.190. The molecule has 2 aromatic rings. The third kappa shape index (κ3) is 10.6. The molecule has 1 aromatic heterocycles. The van der Waals surface area contributed by atoms with Gasteiger partial charge in [-0.15, -0.1) is 0 Å². The molecule has 3 fully saturated rings. The number of pyridine rings is 1. The van der Waals surface area contributed by atoms with Crippen molar-refractivity contribution in [3.63, 3.8) is 0 Å². The number of hydrogen-bond acceptors (Lipinski definition) is 9. The third-order valence-electron chi connectivity index (χ3n) is 11.0. The standard InChI is InChI=1S/C39H56N4O8S/c1-39(2,38(48)43-19-21-51-22-20-43)52(49,50)26-31(23-27-9-5-3-6-10-27)36(46)42-33(25-29-15-17-40-18-16-29)37(47)41-32(24-28-11-7-4-8-12-28)35(45)34(44)30-13-14-30/h3,5-6,9-10,15-18,28,30-35,44-45H,4,7-8,11-14,19-26H2,1-2H3,(H,41,47)(H,42,46)/t31-,32+,33+,34+,35-/m1/s1. The van der Waals surface area contributed by atoms with Gasteiger partial charge in [0, 0.05) is 31.9 Å². The molecule has 0 spiro atoms. The van der Waals surface area contributed by atoms with E-state index in [4.69, 9.17) is 4.74 Å². The van der Waals surface area contributed by atoms with Gasteiger partial charge >= 0.3 is 0 Å². The van der Waals surface area contributed by atoms with Crippen LogP contribution in [0.5, 0.6) is 0 Å². The summed E-state index contributed by atoms with van der Waals surface area (Å²) in [6.07, 6.45) is 8.62. The number of hydrogen-bond donors (Lipinski definition) is 4. The minimum atomic E-state index is -4.21. The molecule has 12 nitrogen and oxygen atoms in total. The molecule has 5 rings (SSSR count). The molecule has 2 heterocycles. The molecule has 2 aliphatic carbocycles. The van der Waals surface area contributed by atoms with E-state index in [1.807, 2.05) is 6.07 Å². The van der Waals surface area contributed by atoms with Crippen LogP contribution in [0.15, 0.2) is 54.9 Å². The van der Waals surface area contributed by atoms with Crippen LogP contribution < -0.4 is 10.6 Å². The number of ether oxygens (including phenoxy) is 1. The molecule has 0 radical (unpaired) electrons. The van der Waals surface area contributed by atoms with Gasteiger partial charge in [0.1, 0.15) is 16.9 Å². The van der Waals surface area contributed by atoms with E-state index in [0.717, 1.165) is 56.1 Å². The van der Waals surface area contributed by atoms with Crippen molar-refractivity contribution in [2.75, 3.05) is 32.1 Å². The average Bonchev–Trinajstić information content (AvgIpc) is 4.00. The van der Waals surface area contributed by atoms with Crippen molar-refractivity contribution in [3.05, 3.63) is 66.0 Å². The third-order valence-corrected chi connectivity index (χ3v) is 13.6. The van der Waals surface area contributed by atoms with Gasteiger partial charge in [-0.2, -0.15) is 0 Å². The second kappa shape index (κ2) is 18.1. The summed E-state index contributed by atoms with van der Waals surface area (Å²) in [5.41, 5.74) is 1.46. The highest BCUT2D eigenvalue weighted by atomic mass is 32.2. The van der Waals surface area contributed by atoms with Crippen molar-refractivity contribution >= 4 is 27.6 Å². The molecule has 0 bridgehead atoms. The predicted molar refractivity (Wildman–Crippen MR) is 197 cm³/mol. The summed E-state index contributed by atoms with van der Waals surface area (Å²) in [4.78, 5) is 47.6. The van der Waals surface area contributed by atoms with Crippen LogP contribution in [-0.4, -0.2) is 107 Å². The van der Waals surface area contributed by atoms with E-state index in [-0.39, 0.29) is 37.8 Å². The van der Waals surface area contributed by atoms with Gasteiger partial charge < -0.3 is 30.5 Å². The fourth-order valence-electron chi connectivity index (χ4n) is 7.44. The van der Waals surface area contributed by atoms with Crippen molar-refractivity contribution in [2.45, 2.75) is 107 Å². The van der Waals surface area contributed by atoms with E-state index in [9.17, 15) is 33.0 Å². The average molecular weight is 741 g/mol. The molecule has 4 N–H and O–H groups in total. The van der Waals surface area contributed by atoms with E-state index in [1.54, 1.807) is 48.8 Å². The zero-order chi connectivity index (χ0) is 37.3. The van der Waals surface area contributed by atoms with Crippen LogP contribution in [0, 0.1) is 17.8 Å². The summed E-state index contributed by atoms with van der Waals surface area (Å²) >= 11 is 0. The number of carbonyl (C=O) groups is 3. The van der Waals surface area contributed by atoms with Crippen molar-refractivity contribution in [1.29, 1.82) is 0 Å². The number of morpholine rings is 1. The minimum absolute atomic E-state index is 0.00634. The first-order valence-corrected chi connectivity index (χ1v) is 20.5. The van der Waals surface area contributed by atoms with Gasteiger partial charge in [-0.05, 0) is 74.6 Å². The van der Waals surface area contributed by atoms with E-state index in [2.05, 4.69) is 15.6 Å². The first-order chi connectivity index (χ1) is 24.9. The molecule has 0 unspecified atom stereocenters.